The molecule has 2 N–H and O–H groups in total. The van der Waals surface area contributed by atoms with Crippen LogP contribution in [0.1, 0.15) is 43.6 Å². The smallest absolute Gasteiger partial charge is 0.496 e. The molecule has 1 unspecified atom stereocenters. The monoisotopic (exact) mass is 550 g/mol. The molecular formula is C26H35Cl2F3N2O3. The second-order valence-corrected chi connectivity index (χ2v) is 9.30. The van der Waals surface area contributed by atoms with Gasteiger partial charge in [-0.05, 0) is 48.2 Å². The van der Waals surface area contributed by atoms with Crippen molar-refractivity contribution >= 4 is 24.8 Å². The number of methoxy groups -OCH3 is 1. The van der Waals surface area contributed by atoms with Gasteiger partial charge in [0.05, 0.1) is 12.7 Å². The Kier molecular flexibility index (Phi) is 11.2. The highest BCUT2D eigenvalue weighted by atomic mass is 35.5. The van der Waals surface area contributed by atoms with Gasteiger partial charge >= 0.3 is 6.36 Å². The predicted octanol–water partition coefficient (Wildman–Crippen LogP) is 5.79. The fraction of sp³-hybridized carbons (Fsp3) is 0.538. The molecule has 2 aromatic carbocycles. The number of alkyl halides is 3. The van der Waals surface area contributed by atoms with Crippen molar-refractivity contribution in [3.05, 3.63) is 48.0 Å². The minimum Gasteiger partial charge on any atom is -0.496 e. The normalized spacial score (nSPS) is 18.9. The molecule has 1 saturated heterocycles. The van der Waals surface area contributed by atoms with Crippen LogP contribution in [0.2, 0.25) is 0 Å². The van der Waals surface area contributed by atoms with E-state index in [9.17, 15) is 18.3 Å². The van der Waals surface area contributed by atoms with Gasteiger partial charge in [0.15, 0.2) is 0 Å². The molecule has 2 fully saturated rings. The number of hydrogen-bond donors (Lipinski definition) is 2. The molecule has 2 aliphatic rings. The molecule has 1 heterocycles. The van der Waals surface area contributed by atoms with Crippen LogP contribution in [0.25, 0.3) is 11.1 Å². The lowest BCUT2D eigenvalue weighted by molar-refractivity contribution is -0.274. The Morgan fingerprint density at radius 2 is 1.64 bits per heavy atom. The van der Waals surface area contributed by atoms with E-state index in [1.165, 1.54) is 12.1 Å². The molecule has 202 valence electrons. The summed E-state index contributed by atoms with van der Waals surface area (Å²) < 4.78 is 47.3. The van der Waals surface area contributed by atoms with Gasteiger partial charge in [-0.2, -0.15) is 0 Å². The molecule has 0 radical (unpaired) electrons. The Hall–Kier alpha value is -1.71. The lowest BCUT2D eigenvalue weighted by Crippen LogP contribution is -2.49. The molecular weight excluding hydrogens is 516 g/mol. The summed E-state index contributed by atoms with van der Waals surface area (Å²) in [5.74, 6) is 0.299. The second kappa shape index (κ2) is 13.2. The fourth-order valence-corrected chi connectivity index (χ4v) is 5.25. The molecule has 36 heavy (non-hydrogen) atoms. The van der Waals surface area contributed by atoms with E-state index in [4.69, 9.17) is 4.74 Å². The summed E-state index contributed by atoms with van der Waals surface area (Å²) in [4.78, 5) is 2.40. The lowest BCUT2D eigenvalue weighted by Gasteiger charge is -2.42. The topological polar surface area (TPSA) is 54.0 Å². The van der Waals surface area contributed by atoms with E-state index in [2.05, 4.69) is 15.0 Å². The molecule has 0 spiro atoms. The number of hydrogen-bond acceptors (Lipinski definition) is 5. The first kappa shape index (κ1) is 30.5. The number of nitrogens with zero attached hydrogens (tertiary/aromatic N) is 1. The van der Waals surface area contributed by atoms with E-state index < -0.39 is 12.0 Å². The van der Waals surface area contributed by atoms with Crippen molar-refractivity contribution in [1.82, 2.24) is 10.2 Å². The largest absolute Gasteiger partial charge is 0.573 e. The Labute approximate surface area is 223 Å². The first-order valence-corrected chi connectivity index (χ1v) is 12.0. The number of aliphatic hydroxyl groups is 1. The van der Waals surface area contributed by atoms with Gasteiger partial charge in [-0.25, -0.2) is 0 Å². The molecule has 1 saturated carbocycles. The maximum absolute atomic E-state index is 12.6. The lowest BCUT2D eigenvalue weighted by atomic mass is 9.72. The van der Waals surface area contributed by atoms with E-state index in [0.717, 1.165) is 81.5 Å². The van der Waals surface area contributed by atoms with Crippen LogP contribution in [0.15, 0.2) is 42.5 Å². The number of benzene rings is 2. The third-order valence-corrected chi connectivity index (χ3v) is 7.04. The Bertz CT molecular complexity index is 948. The van der Waals surface area contributed by atoms with Crippen molar-refractivity contribution in [3.8, 4) is 22.6 Å². The summed E-state index contributed by atoms with van der Waals surface area (Å²) in [5.41, 5.74) is 1.75. The van der Waals surface area contributed by atoms with Gasteiger partial charge in [-0.15, -0.1) is 38.0 Å². The maximum Gasteiger partial charge on any atom is 0.573 e. The van der Waals surface area contributed by atoms with Crippen LogP contribution in [0.5, 0.6) is 11.5 Å². The number of piperazine rings is 1. The Morgan fingerprint density at radius 1 is 1.00 bits per heavy atom. The van der Waals surface area contributed by atoms with Crippen molar-refractivity contribution in [3.63, 3.8) is 0 Å². The van der Waals surface area contributed by atoms with Gasteiger partial charge in [-0.3, -0.25) is 0 Å². The minimum absolute atomic E-state index is 0. The predicted molar refractivity (Wildman–Crippen MR) is 140 cm³/mol. The molecule has 1 atom stereocenters. The zero-order valence-corrected chi connectivity index (χ0v) is 22.0. The summed E-state index contributed by atoms with van der Waals surface area (Å²) in [7, 11) is 1.58. The molecule has 10 heteroatoms. The highest BCUT2D eigenvalue weighted by Crippen LogP contribution is 2.43. The average Bonchev–Trinajstić information content (AvgIpc) is 2.83. The van der Waals surface area contributed by atoms with Crippen LogP contribution in [0.4, 0.5) is 13.2 Å². The van der Waals surface area contributed by atoms with Crippen LogP contribution in [-0.4, -0.2) is 61.8 Å². The number of ether oxygens (including phenoxy) is 2. The first-order valence-electron chi connectivity index (χ1n) is 12.0. The van der Waals surface area contributed by atoms with E-state index in [1.807, 2.05) is 18.2 Å². The van der Waals surface area contributed by atoms with Crippen molar-refractivity contribution in [2.75, 3.05) is 39.8 Å². The van der Waals surface area contributed by atoms with Crippen molar-refractivity contribution in [1.29, 1.82) is 0 Å². The van der Waals surface area contributed by atoms with Crippen LogP contribution >= 0.6 is 24.8 Å². The Balaban J connectivity index is 0.00000228. The molecule has 1 aliphatic heterocycles. The number of halogens is 5. The highest BCUT2D eigenvalue weighted by Gasteiger charge is 2.40. The standard InChI is InChI=1S/C26H33F3N2O3.2ClH/c1-33-24-10-7-20(17-22(24)19-5-8-21(9-6-19)34-26(27,28)29)23(18-31-15-13-30-14-16-31)25(32)11-3-2-4-12-25;;/h5-10,17,23,30,32H,2-4,11-16,18H2,1H3;2*1H. The molecule has 0 bridgehead atoms. The molecule has 5 nitrogen and oxygen atoms in total. The van der Waals surface area contributed by atoms with E-state index in [1.54, 1.807) is 19.2 Å². The van der Waals surface area contributed by atoms with Gasteiger partial charge in [0.1, 0.15) is 11.5 Å². The highest BCUT2D eigenvalue weighted by molar-refractivity contribution is 5.85. The molecule has 4 rings (SSSR count). The zero-order chi connectivity index (χ0) is 24.2. The molecule has 0 aromatic heterocycles. The van der Waals surface area contributed by atoms with Gasteiger partial charge in [-0.1, -0.05) is 37.5 Å². The summed E-state index contributed by atoms with van der Waals surface area (Å²) in [6.07, 6.45) is -0.0195. The van der Waals surface area contributed by atoms with Crippen LogP contribution in [0, 0.1) is 0 Å². The first-order chi connectivity index (χ1) is 16.3. The summed E-state index contributed by atoms with van der Waals surface area (Å²) in [6.45, 7) is 4.52. The summed E-state index contributed by atoms with van der Waals surface area (Å²) in [6, 6.07) is 11.7. The summed E-state index contributed by atoms with van der Waals surface area (Å²) in [5, 5.41) is 15.1. The molecule has 1 aliphatic carbocycles. The molecule has 0 amide bonds. The zero-order valence-electron chi connectivity index (χ0n) is 20.4. The van der Waals surface area contributed by atoms with Crippen molar-refractivity contribution in [2.45, 2.75) is 50.0 Å². The minimum atomic E-state index is -4.73. The third-order valence-electron chi connectivity index (χ3n) is 7.04. The van der Waals surface area contributed by atoms with Gasteiger partial charge in [0.2, 0.25) is 0 Å². The SMILES string of the molecule is COc1ccc(C(CN2CCNCC2)C2(O)CCCCC2)cc1-c1ccc(OC(F)(F)F)cc1.Cl.Cl. The van der Waals surface area contributed by atoms with Crippen LogP contribution in [0.3, 0.4) is 0 Å². The van der Waals surface area contributed by atoms with Crippen molar-refractivity contribution < 1.29 is 27.8 Å². The molecule has 2 aromatic rings. The van der Waals surface area contributed by atoms with E-state index in [0.29, 0.717) is 5.75 Å². The van der Waals surface area contributed by atoms with Gasteiger partial charge < -0.3 is 24.8 Å². The second-order valence-electron chi connectivity index (χ2n) is 9.30. The van der Waals surface area contributed by atoms with E-state index in [-0.39, 0.29) is 36.5 Å². The third kappa shape index (κ3) is 7.65. The Morgan fingerprint density at radius 3 is 2.22 bits per heavy atom. The van der Waals surface area contributed by atoms with E-state index >= 15 is 0 Å². The quantitative estimate of drug-likeness (QED) is 0.457. The van der Waals surface area contributed by atoms with Crippen LogP contribution < -0.4 is 14.8 Å². The fourth-order valence-electron chi connectivity index (χ4n) is 5.25. The van der Waals surface area contributed by atoms with Crippen molar-refractivity contribution in [2.24, 2.45) is 0 Å². The number of rotatable bonds is 7. The maximum atomic E-state index is 12.6. The summed E-state index contributed by atoms with van der Waals surface area (Å²) >= 11 is 0. The number of nitrogens with one attached hydrogen (secondary N) is 1. The van der Waals surface area contributed by atoms with Gasteiger partial charge in [0, 0.05) is 44.2 Å². The average molecular weight is 551 g/mol. The van der Waals surface area contributed by atoms with Gasteiger partial charge in [0.25, 0.3) is 0 Å². The van der Waals surface area contributed by atoms with Crippen LogP contribution in [-0.2, 0) is 0 Å².